The van der Waals surface area contributed by atoms with Crippen molar-refractivity contribution in [1.29, 1.82) is 0 Å². The van der Waals surface area contributed by atoms with Crippen LogP contribution < -0.4 is 10.6 Å². The molecule has 4 aromatic heterocycles. The Bertz CT molecular complexity index is 1190. The van der Waals surface area contributed by atoms with E-state index in [9.17, 15) is 5.11 Å². The van der Waals surface area contributed by atoms with Gasteiger partial charge in [-0.2, -0.15) is 15.1 Å². The average molecular weight is 406 g/mol. The zero-order chi connectivity index (χ0) is 20.7. The minimum atomic E-state index is -0.517. The predicted octanol–water partition coefficient (Wildman–Crippen LogP) is 3.20. The van der Waals surface area contributed by atoms with Gasteiger partial charge in [0.05, 0.1) is 16.7 Å². The Morgan fingerprint density at radius 2 is 2.10 bits per heavy atom. The summed E-state index contributed by atoms with van der Waals surface area (Å²) in [7, 11) is 1.86. The van der Waals surface area contributed by atoms with Gasteiger partial charge >= 0.3 is 0 Å². The number of aliphatic hydroxyl groups is 1. The topological polar surface area (TPSA) is 116 Å². The first kappa shape index (κ1) is 18.8. The number of imidazole rings is 1. The molecule has 4 heterocycles. The van der Waals surface area contributed by atoms with E-state index in [1.807, 2.05) is 38.5 Å². The largest absolute Gasteiger partial charge is 0.390 e. The third-order valence-electron chi connectivity index (χ3n) is 6.21. The summed E-state index contributed by atoms with van der Waals surface area (Å²) in [6.07, 6.45) is 9.70. The second kappa shape index (κ2) is 7.24. The van der Waals surface area contributed by atoms with E-state index in [1.165, 1.54) is 0 Å². The second-order valence-electron chi connectivity index (χ2n) is 8.02. The first-order valence-corrected chi connectivity index (χ1v) is 10.4. The first-order chi connectivity index (χ1) is 14.6. The Kier molecular flexibility index (Phi) is 4.54. The van der Waals surface area contributed by atoms with Gasteiger partial charge in [0.15, 0.2) is 5.65 Å². The highest BCUT2D eigenvalue weighted by atomic mass is 16.3. The van der Waals surface area contributed by atoms with Gasteiger partial charge in [0, 0.05) is 37.2 Å². The van der Waals surface area contributed by atoms with Gasteiger partial charge in [-0.3, -0.25) is 0 Å². The number of nitrogens with one attached hydrogen (secondary N) is 3. The maximum atomic E-state index is 10.5. The van der Waals surface area contributed by atoms with Crippen molar-refractivity contribution in [2.75, 3.05) is 17.7 Å². The van der Waals surface area contributed by atoms with Gasteiger partial charge in [0.2, 0.25) is 5.95 Å². The Hall–Kier alpha value is -3.20. The fraction of sp³-hybridized carbons (Fsp3) is 0.429. The van der Waals surface area contributed by atoms with Crippen LogP contribution in [-0.4, -0.2) is 53.3 Å². The van der Waals surface area contributed by atoms with Gasteiger partial charge in [-0.25, -0.2) is 9.50 Å². The van der Waals surface area contributed by atoms with Crippen LogP contribution in [0.4, 0.5) is 11.8 Å². The number of rotatable bonds is 5. The number of H-pyrrole nitrogens is 1. The molecule has 1 aliphatic rings. The first-order valence-electron chi connectivity index (χ1n) is 10.4. The molecule has 0 bridgehead atoms. The Labute approximate surface area is 174 Å². The molecule has 156 valence electrons. The Morgan fingerprint density at radius 3 is 2.87 bits per heavy atom. The number of hydrogen-bond acceptors (Lipinski definition) is 7. The summed E-state index contributed by atoms with van der Waals surface area (Å²) in [6, 6.07) is 4.16. The van der Waals surface area contributed by atoms with Gasteiger partial charge < -0.3 is 20.7 Å². The van der Waals surface area contributed by atoms with Crippen LogP contribution in [0.3, 0.4) is 0 Å². The molecule has 0 saturated heterocycles. The van der Waals surface area contributed by atoms with Crippen LogP contribution in [0.5, 0.6) is 0 Å². The number of aromatic amines is 1. The maximum Gasteiger partial charge on any atom is 0.226 e. The molecule has 4 aromatic rings. The van der Waals surface area contributed by atoms with Crippen molar-refractivity contribution in [1.82, 2.24) is 29.5 Å². The monoisotopic (exact) mass is 406 g/mol. The number of anilines is 2. The molecule has 0 unspecified atom stereocenters. The van der Waals surface area contributed by atoms with Gasteiger partial charge in [0.1, 0.15) is 11.5 Å². The van der Waals surface area contributed by atoms with Crippen molar-refractivity contribution in [3.63, 3.8) is 0 Å². The van der Waals surface area contributed by atoms with E-state index < -0.39 is 5.60 Å². The van der Waals surface area contributed by atoms with Crippen molar-refractivity contribution >= 4 is 28.4 Å². The molecule has 1 fully saturated rings. The normalized spacial score (nSPS) is 21.9. The molecule has 4 N–H and O–H groups in total. The standard InChI is InChI=1S/C21H26N8O/c1-3-21(30)8-6-13(7-9-21)25-20-26-18(22-2)17-14(12-24-19(17)27-20)15-4-5-16-23-10-11-29(16)28-15/h4-5,10-13,30H,3,6-9H2,1-2H3,(H3,22,24,25,26,27)/t13-,21+. The molecule has 1 saturated carbocycles. The SMILES string of the molecule is CC[C@]1(O)CC[C@@H](Nc2nc(NC)c3c(-c4ccc5nccn5n4)c[nH]c3n2)CC1. The minimum absolute atomic E-state index is 0.263. The molecular formula is C21H26N8O. The maximum absolute atomic E-state index is 10.5. The highest BCUT2D eigenvalue weighted by Crippen LogP contribution is 2.34. The summed E-state index contributed by atoms with van der Waals surface area (Å²) in [4.78, 5) is 16.9. The smallest absolute Gasteiger partial charge is 0.226 e. The summed E-state index contributed by atoms with van der Waals surface area (Å²) in [5.41, 5.74) is 2.79. The molecule has 30 heavy (non-hydrogen) atoms. The van der Waals surface area contributed by atoms with Gasteiger partial charge in [-0.15, -0.1) is 0 Å². The molecule has 9 nitrogen and oxygen atoms in total. The highest BCUT2D eigenvalue weighted by molar-refractivity contribution is 6.00. The number of hydrogen-bond donors (Lipinski definition) is 4. The summed E-state index contributed by atoms with van der Waals surface area (Å²) in [5.74, 6) is 1.33. The summed E-state index contributed by atoms with van der Waals surface area (Å²) in [5, 5.41) is 22.7. The van der Waals surface area contributed by atoms with E-state index in [4.69, 9.17) is 9.97 Å². The van der Waals surface area contributed by atoms with Crippen molar-refractivity contribution in [3.8, 4) is 11.3 Å². The van der Waals surface area contributed by atoms with Crippen LogP contribution in [0.2, 0.25) is 0 Å². The Balaban J connectivity index is 1.46. The van der Waals surface area contributed by atoms with E-state index in [0.29, 0.717) is 5.95 Å². The molecule has 0 atom stereocenters. The fourth-order valence-electron chi connectivity index (χ4n) is 4.27. The lowest BCUT2D eigenvalue weighted by Gasteiger charge is -2.35. The van der Waals surface area contributed by atoms with Crippen LogP contribution in [0, 0.1) is 0 Å². The molecule has 0 aliphatic heterocycles. The summed E-state index contributed by atoms with van der Waals surface area (Å²) >= 11 is 0. The van der Waals surface area contributed by atoms with Crippen molar-refractivity contribution in [2.45, 2.75) is 50.7 Å². The van der Waals surface area contributed by atoms with E-state index in [2.05, 4.69) is 25.7 Å². The lowest BCUT2D eigenvalue weighted by molar-refractivity contribution is -0.00197. The third kappa shape index (κ3) is 3.24. The van der Waals surface area contributed by atoms with Crippen molar-refractivity contribution in [3.05, 3.63) is 30.7 Å². The predicted molar refractivity (Wildman–Crippen MR) is 117 cm³/mol. The fourth-order valence-corrected chi connectivity index (χ4v) is 4.27. The molecule has 5 rings (SSSR count). The second-order valence-corrected chi connectivity index (χ2v) is 8.02. The van der Waals surface area contributed by atoms with Crippen molar-refractivity contribution in [2.24, 2.45) is 0 Å². The number of fused-ring (bicyclic) bond motifs is 2. The molecule has 1 aliphatic carbocycles. The van der Waals surface area contributed by atoms with Crippen LogP contribution in [0.15, 0.2) is 30.7 Å². The van der Waals surface area contributed by atoms with Crippen LogP contribution >= 0.6 is 0 Å². The number of nitrogens with zero attached hydrogens (tertiary/aromatic N) is 5. The quantitative estimate of drug-likeness (QED) is 0.402. The van der Waals surface area contributed by atoms with E-state index in [0.717, 1.165) is 65.9 Å². The number of aromatic nitrogens is 6. The van der Waals surface area contributed by atoms with Crippen molar-refractivity contribution < 1.29 is 5.11 Å². The van der Waals surface area contributed by atoms with Gasteiger partial charge in [-0.1, -0.05) is 6.92 Å². The molecule has 0 amide bonds. The Morgan fingerprint density at radius 1 is 1.27 bits per heavy atom. The van der Waals surface area contributed by atoms with E-state index in [-0.39, 0.29) is 6.04 Å². The van der Waals surface area contributed by atoms with Gasteiger partial charge in [0.25, 0.3) is 0 Å². The molecule has 0 radical (unpaired) electrons. The van der Waals surface area contributed by atoms with E-state index in [1.54, 1.807) is 10.7 Å². The zero-order valence-electron chi connectivity index (χ0n) is 17.2. The minimum Gasteiger partial charge on any atom is -0.390 e. The molecule has 0 spiro atoms. The van der Waals surface area contributed by atoms with E-state index >= 15 is 0 Å². The molecule has 0 aromatic carbocycles. The van der Waals surface area contributed by atoms with Crippen LogP contribution in [0.1, 0.15) is 39.0 Å². The zero-order valence-corrected chi connectivity index (χ0v) is 17.2. The lowest BCUT2D eigenvalue weighted by atomic mass is 9.80. The molecule has 9 heteroatoms. The third-order valence-corrected chi connectivity index (χ3v) is 6.21. The van der Waals surface area contributed by atoms with Crippen LogP contribution in [0.25, 0.3) is 27.9 Å². The summed E-state index contributed by atoms with van der Waals surface area (Å²) in [6.45, 7) is 2.05. The molecular weight excluding hydrogens is 380 g/mol. The van der Waals surface area contributed by atoms with Crippen LogP contribution in [-0.2, 0) is 0 Å². The lowest BCUT2D eigenvalue weighted by Crippen LogP contribution is -2.38. The average Bonchev–Trinajstić information content (AvgIpc) is 3.41. The van der Waals surface area contributed by atoms with Gasteiger partial charge in [-0.05, 0) is 44.2 Å². The highest BCUT2D eigenvalue weighted by Gasteiger charge is 2.31. The summed E-state index contributed by atoms with van der Waals surface area (Å²) < 4.78 is 1.75.